The second kappa shape index (κ2) is 7.22. The van der Waals surface area contributed by atoms with Gasteiger partial charge in [-0.25, -0.2) is 9.97 Å². The molecule has 3 aliphatic rings. The number of hydrogen-bond acceptors (Lipinski definition) is 6. The maximum atomic E-state index is 13.6. The van der Waals surface area contributed by atoms with Crippen molar-refractivity contribution in [1.82, 2.24) is 15.3 Å². The molecule has 3 heterocycles. The molecule has 0 fully saturated rings. The van der Waals surface area contributed by atoms with Crippen LogP contribution in [-0.2, 0) is 16.6 Å². The molecule has 31 heavy (non-hydrogen) atoms. The molecule has 1 unspecified atom stereocenters. The molecule has 0 amide bonds. The van der Waals surface area contributed by atoms with E-state index in [0.717, 1.165) is 46.6 Å². The number of carbonyl (C=O) groups excluding carboxylic acids is 1. The number of allylic oxidation sites excluding steroid dienone is 2. The lowest BCUT2D eigenvalue weighted by atomic mass is 9.58. The van der Waals surface area contributed by atoms with Gasteiger partial charge < -0.3 is 5.32 Å². The minimum absolute atomic E-state index is 0.0636. The topological polar surface area (TPSA) is 79.6 Å². The standard InChI is InChI=1S/C25H27N5O/c1-4-25(17-8-5-7-16(11-17)12-21-26-9-6-10-27-21)18-15-28-30-23(18)29-19-13-24(2,3)14-20(31)22(19)25/h5-11,15,23,29H,4,12-14H2,1-3H3/t23?,25-/m1/s1. The molecule has 6 nitrogen and oxygen atoms in total. The molecule has 158 valence electrons. The van der Waals surface area contributed by atoms with E-state index in [2.05, 4.69) is 70.5 Å². The summed E-state index contributed by atoms with van der Waals surface area (Å²) in [4.78, 5) is 22.3. The summed E-state index contributed by atoms with van der Waals surface area (Å²) in [6, 6.07) is 10.3. The van der Waals surface area contributed by atoms with Crippen LogP contribution >= 0.6 is 0 Å². The molecule has 1 aromatic heterocycles. The molecule has 2 aliphatic heterocycles. The first-order chi connectivity index (χ1) is 14.9. The number of nitrogens with one attached hydrogen (secondary N) is 1. The van der Waals surface area contributed by atoms with E-state index in [-0.39, 0.29) is 17.4 Å². The normalized spacial score (nSPS) is 26.2. The number of azo groups is 1. The van der Waals surface area contributed by atoms with Crippen LogP contribution in [0.15, 0.2) is 76.0 Å². The van der Waals surface area contributed by atoms with Crippen LogP contribution in [0.1, 0.15) is 57.0 Å². The monoisotopic (exact) mass is 413 g/mol. The number of hydrogen-bond donors (Lipinski definition) is 1. The molecule has 0 radical (unpaired) electrons. The van der Waals surface area contributed by atoms with Crippen LogP contribution in [-0.4, -0.2) is 21.9 Å². The average Bonchev–Trinajstić information content (AvgIpc) is 3.21. The second-order valence-electron chi connectivity index (χ2n) is 9.46. The Hall–Kier alpha value is -3.15. The fourth-order valence-electron chi connectivity index (χ4n) is 5.44. The van der Waals surface area contributed by atoms with Gasteiger partial charge in [-0.1, -0.05) is 45.0 Å². The van der Waals surface area contributed by atoms with Crippen molar-refractivity contribution < 1.29 is 4.79 Å². The van der Waals surface area contributed by atoms with E-state index >= 15 is 0 Å². The molecular weight excluding hydrogens is 386 g/mol. The van der Waals surface area contributed by atoms with Gasteiger partial charge in [0.1, 0.15) is 5.82 Å². The van der Waals surface area contributed by atoms with Gasteiger partial charge >= 0.3 is 0 Å². The highest BCUT2D eigenvalue weighted by Crippen LogP contribution is 2.53. The molecular formula is C25H27N5O. The van der Waals surface area contributed by atoms with E-state index in [1.165, 1.54) is 0 Å². The van der Waals surface area contributed by atoms with Gasteiger partial charge in [-0.2, -0.15) is 10.2 Å². The molecule has 0 bridgehead atoms. The first-order valence-electron chi connectivity index (χ1n) is 10.9. The van der Waals surface area contributed by atoms with Crippen LogP contribution in [0, 0.1) is 5.41 Å². The molecule has 1 N–H and O–H groups in total. The summed E-state index contributed by atoms with van der Waals surface area (Å²) >= 11 is 0. The van der Waals surface area contributed by atoms with Crippen molar-refractivity contribution in [2.45, 2.75) is 58.0 Å². The average molecular weight is 414 g/mol. The van der Waals surface area contributed by atoms with Crippen LogP contribution in [0.4, 0.5) is 0 Å². The molecule has 6 heteroatoms. The van der Waals surface area contributed by atoms with E-state index in [1.54, 1.807) is 12.4 Å². The minimum atomic E-state index is -0.518. The predicted octanol–water partition coefficient (Wildman–Crippen LogP) is 4.64. The van der Waals surface area contributed by atoms with Gasteiger partial charge in [0.25, 0.3) is 0 Å². The van der Waals surface area contributed by atoms with Gasteiger partial charge in [-0.15, -0.1) is 0 Å². The summed E-state index contributed by atoms with van der Waals surface area (Å²) in [5, 5.41) is 12.2. The Morgan fingerprint density at radius 1 is 1.13 bits per heavy atom. The zero-order valence-electron chi connectivity index (χ0n) is 18.2. The Balaban J connectivity index is 1.66. The number of ketones is 1. The summed E-state index contributed by atoms with van der Waals surface area (Å²) in [5.74, 6) is 1.01. The zero-order valence-corrected chi connectivity index (χ0v) is 18.2. The van der Waals surface area contributed by atoms with E-state index in [1.807, 2.05) is 12.3 Å². The van der Waals surface area contributed by atoms with Gasteiger partial charge in [0, 0.05) is 42.1 Å². The fraction of sp³-hybridized carbons (Fsp3) is 0.400. The van der Waals surface area contributed by atoms with E-state index in [4.69, 9.17) is 0 Å². The Labute approximate surface area is 182 Å². The SMILES string of the molecule is CC[C@@]1(c2cccc(Cc3ncccn3)c2)C2=CN=NC2NC2=C1C(=O)CC(C)(C)C2. The number of Topliss-reactive ketones (excluding diaryl/α,β-unsaturated/α-hetero) is 1. The van der Waals surface area contributed by atoms with Crippen LogP contribution in [0.5, 0.6) is 0 Å². The van der Waals surface area contributed by atoms with Crippen molar-refractivity contribution in [1.29, 1.82) is 0 Å². The number of nitrogens with zero attached hydrogens (tertiary/aromatic N) is 4. The lowest BCUT2D eigenvalue weighted by molar-refractivity contribution is -0.119. The van der Waals surface area contributed by atoms with Gasteiger partial charge in [0.05, 0.1) is 11.6 Å². The first-order valence-corrected chi connectivity index (χ1v) is 10.9. The van der Waals surface area contributed by atoms with Crippen molar-refractivity contribution in [3.63, 3.8) is 0 Å². The fourth-order valence-corrected chi connectivity index (χ4v) is 5.44. The highest BCUT2D eigenvalue weighted by molar-refractivity contribution is 6.01. The number of rotatable bonds is 4. The van der Waals surface area contributed by atoms with Crippen molar-refractivity contribution >= 4 is 5.78 Å². The van der Waals surface area contributed by atoms with Crippen LogP contribution in [0.3, 0.4) is 0 Å². The van der Waals surface area contributed by atoms with Crippen LogP contribution in [0.25, 0.3) is 0 Å². The maximum Gasteiger partial charge on any atom is 0.164 e. The number of aromatic nitrogens is 2. The molecule has 1 aromatic carbocycles. The smallest absolute Gasteiger partial charge is 0.164 e. The molecule has 0 saturated heterocycles. The number of carbonyl (C=O) groups is 1. The van der Waals surface area contributed by atoms with Crippen LogP contribution < -0.4 is 5.32 Å². The summed E-state index contributed by atoms with van der Waals surface area (Å²) in [7, 11) is 0. The van der Waals surface area contributed by atoms with Gasteiger partial charge in [0.15, 0.2) is 11.9 Å². The number of benzene rings is 1. The van der Waals surface area contributed by atoms with E-state index in [0.29, 0.717) is 12.8 Å². The summed E-state index contributed by atoms with van der Waals surface area (Å²) < 4.78 is 0. The molecule has 0 saturated carbocycles. The third kappa shape index (κ3) is 3.21. The summed E-state index contributed by atoms with van der Waals surface area (Å²) in [5.41, 5.74) is 4.66. The third-order valence-electron chi connectivity index (χ3n) is 6.71. The third-order valence-corrected chi connectivity index (χ3v) is 6.71. The lowest BCUT2D eigenvalue weighted by Crippen LogP contribution is -2.51. The maximum absolute atomic E-state index is 13.6. The van der Waals surface area contributed by atoms with E-state index < -0.39 is 5.41 Å². The van der Waals surface area contributed by atoms with Gasteiger partial charge in [-0.05, 0) is 35.4 Å². The Bertz CT molecular complexity index is 1130. The lowest BCUT2D eigenvalue weighted by Gasteiger charge is -2.47. The zero-order chi connectivity index (χ0) is 21.6. The summed E-state index contributed by atoms with van der Waals surface area (Å²) in [6.45, 7) is 6.48. The van der Waals surface area contributed by atoms with Gasteiger partial charge in [0.2, 0.25) is 0 Å². The van der Waals surface area contributed by atoms with E-state index in [9.17, 15) is 4.79 Å². The van der Waals surface area contributed by atoms with Crippen molar-refractivity contribution in [3.8, 4) is 0 Å². The highest BCUT2D eigenvalue weighted by atomic mass is 16.1. The second-order valence-corrected chi connectivity index (χ2v) is 9.46. The number of fused-ring (bicyclic) bond motifs is 1. The Morgan fingerprint density at radius 3 is 2.71 bits per heavy atom. The molecule has 1 aliphatic carbocycles. The predicted molar refractivity (Wildman–Crippen MR) is 118 cm³/mol. The first kappa shape index (κ1) is 19.8. The van der Waals surface area contributed by atoms with Gasteiger partial charge in [-0.3, -0.25) is 4.79 Å². The van der Waals surface area contributed by atoms with Crippen molar-refractivity contribution in [2.24, 2.45) is 15.6 Å². The largest absolute Gasteiger partial charge is 0.362 e. The Morgan fingerprint density at radius 2 is 1.94 bits per heavy atom. The highest BCUT2D eigenvalue weighted by Gasteiger charge is 2.52. The summed E-state index contributed by atoms with van der Waals surface area (Å²) in [6.07, 6.45) is 8.00. The van der Waals surface area contributed by atoms with Crippen LogP contribution in [0.2, 0.25) is 0 Å². The molecule has 2 atom stereocenters. The van der Waals surface area contributed by atoms with Crippen molar-refractivity contribution in [3.05, 3.63) is 82.7 Å². The molecule has 5 rings (SSSR count). The molecule has 2 aromatic rings. The Kier molecular flexibility index (Phi) is 4.61. The van der Waals surface area contributed by atoms with Crippen molar-refractivity contribution in [2.75, 3.05) is 0 Å². The minimum Gasteiger partial charge on any atom is -0.362 e. The quantitative estimate of drug-likeness (QED) is 0.792. The molecule has 0 spiro atoms.